The highest BCUT2D eigenvalue weighted by atomic mass is 16.6. The Kier molecular flexibility index (Phi) is 7.55. The smallest absolute Gasteiger partial charge is 0.293 e. The number of carbonyl (C=O) groups is 1. The van der Waals surface area contributed by atoms with Gasteiger partial charge in [0.15, 0.2) is 17.2 Å². The van der Waals surface area contributed by atoms with Gasteiger partial charge in [0, 0.05) is 12.6 Å². The van der Waals surface area contributed by atoms with Gasteiger partial charge in [0.2, 0.25) is 11.6 Å². The molecule has 1 aliphatic rings. The van der Waals surface area contributed by atoms with Crippen LogP contribution in [0.1, 0.15) is 53.8 Å². The normalized spacial score (nSPS) is 14.5. The molecule has 186 valence electrons. The maximum atomic E-state index is 13.0. The van der Waals surface area contributed by atoms with Crippen LogP contribution in [-0.4, -0.2) is 69.6 Å². The van der Waals surface area contributed by atoms with E-state index in [0.29, 0.717) is 35.3 Å². The molecule has 2 aromatic heterocycles. The van der Waals surface area contributed by atoms with Crippen LogP contribution in [0.3, 0.4) is 0 Å². The first-order valence-electron chi connectivity index (χ1n) is 11.3. The monoisotopic (exact) mass is 483 g/mol. The van der Waals surface area contributed by atoms with E-state index in [4.69, 9.17) is 19.8 Å². The van der Waals surface area contributed by atoms with Gasteiger partial charge in [-0.05, 0) is 54.0 Å². The van der Waals surface area contributed by atoms with Crippen LogP contribution in [0, 0.1) is 0 Å². The van der Waals surface area contributed by atoms with Gasteiger partial charge < -0.3 is 15.2 Å². The molecule has 1 aliphatic carbocycles. The molecule has 13 nitrogen and oxygen atoms in total. The Bertz CT molecular complexity index is 1180. The number of ether oxygens (including phenoxy) is 2. The van der Waals surface area contributed by atoms with E-state index in [1.807, 2.05) is 7.05 Å². The summed E-state index contributed by atoms with van der Waals surface area (Å²) in [4.78, 5) is 15.2. The van der Waals surface area contributed by atoms with E-state index in [0.717, 1.165) is 12.8 Å². The zero-order valence-electron chi connectivity index (χ0n) is 20.0. The standard InChI is InChI=1S/C22H29N9O4/c1-30(15-7-5-4-6-8-15)13-16-19(25-29-31(16)21-20(23)27-35-28-21)22(32)26-24-12-14-9-10-17(33-2)18(11-14)34-3/h9-12,15H,4-8,13H2,1-3H3,(H2,23,27)(H,26,32)/b24-12-. The van der Waals surface area contributed by atoms with Gasteiger partial charge in [-0.3, -0.25) is 9.69 Å². The van der Waals surface area contributed by atoms with Crippen LogP contribution in [0.5, 0.6) is 11.5 Å². The number of nitrogens with one attached hydrogen (secondary N) is 1. The fourth-order valence-corrected chi connectivity index (χ4v) is 4.17. The first kappa shape index (κ1) is 24.1. The summed E-state index contributed by atoms with van der Waals surface area (Å²) in [6.07, 6.45) is 7.32. The number of methoxy groups -OCH3 is 2. The minimum absolute atomic E-state index is 0.0508. The summed E-state index contributed by atoms with van der Waals surface area (Å²) in [6, 6.07) is 5.69. The lowest BCUT2D eigenvalue weighted by atomic mass is 9.94. The van der Waals surface area contributed by atoms with Crippen LogP contribution in [0.4, 0.5) is 5.82 Å². The van der Waals surface area contributed by atoms with Crippen LogP contribution in [0.2, 0.25) is 0 Å². The number of aromatic nitrogens is 5. The summed E-state index contributed by atoms with van der Waals surface area (Å²) >= 11 is 0. The zero-order valence-corrected chi connectivity index (χ0v) is 20.0. The van der Waals surface area contributed by atoms with Gasteiger partial charge >= 0.3 is 0 Å². The minimum Gasteiger partial charge on any atom is -0.493 e. The molecule has 0 saturated heterocycles. The molecule has 1 saturated carbocycles. The molecule has 1 fully saturated rings. The van der Waals surface area contributed by atoms with Crippen molar-refractivity contribution in [1.29, 1.82) is 0 Å². The summed E-state index contributed by atoms with van der Waals surface area (Å²) < 4.78 is 16.6. The highest BCUT2D eigenvalue weighted by Gasteiger charge is 2.27. The minimum atomic E-state index is -0.518. The summed E-state index contributed by atoms with van der Waals surface area (Å²) in [5.41, 5.74) is 9.73. The lowest BCUT2D eigenvalue weighted by Gasteiger charge is -2.31. The molecule has 1 amide bonds. The first-order valence-corrected chi connectivity index (χ1v) is 11.3. The molecular formula is C22H29N9O4. The van der Waals surface area contributed by atoms with Crippen molar-refractivity contribution in [2.24, 2.45) is 5.10 Å². The van der Waals surface area contributed by atoms with Crippen molar-refractivity contribution in [3.63, 3.8) is 0 Å². The molecule has 0 atom stereocenters. The SMILES string of the molecule is COc1ccc(/C=N\NC(=O)c2nnn(-c3nonc3N)c2CN(C)C2CCCCC2)cc1OC. The molecule has 2 heterocycles. The fraction of sp³-hybridized carbons (Fsp3) is 0.455. The topological polar surface area (TPSA) is 159 Å². The van der Waals surface area contributed by atoms with E-state index >= 15 is 0 Å². The lowest BCUT2D eigenvalue weighted by Crippen LogP contribution is -2.34. The van der Waals surface area contributed by atoms with E-state index in [2.05, 4.69) is 36.1 Å². The number of hydrogen-bond acceptors (Lipinski definition) is 11. The number of benzene rings is 1. The number of rotatable bonds is 9. The lowest BCUT2D eigenvalue weighted by molar-refractivity contribution is 0.0947. The van der Waals surface area contributed by atoms with Crippen molar-refractivity contribution in [1.82, 2.24) is 35.6 Å². The molecule has 3 N–H and O–H groups in total. The van der Waals surface area contributed by atoms with Crippen LogP contribution >= 0.6 is 0 Å². The summed E-state index contributed by atoms with van der Waals surface area (Å²) in [5, 5.41) is 19.7. The third kappa shape index (κ3) is 5.40. The average molecular weight is 484 g/mol. The van der Waals surface area contributed by atoms with Crippen LogP contribution in [-0.2, 0) is 6.54 Å². The summed E-state index contributed by atoms with van der Waals surface area (Å²) in [5.74, 6) is 0.860. The Balaban J connectivity index is 1.55. The van der Waals surface area contributed by atoms with Crippen molar-refractivity contribution < 1.29 is 18.9 Å². The molecule has 35 heavy (non-hydrogen) atoms. The number of anilines is 1. The van der Waals surface area contributed by atoms with E-state index in [1.165, 1.54) is 30.2 Å². The molecule has 0 spiro atoms. The van der Waals surface area contributed by atoms with Gasteiger partial charge in [-0.25, -0.2) is 10.1 Å². The number of nitrogen functional groups attached to an aromatic ring is 1. The average Bonchev–Trinajstić information content (AvgIpc) is 3.49. The molecule has 0 unspecified atom stereocenters. The van der Waals surface area contributed by atoms with Crippen LogP contribution < -0.4 is 20.6 Å². The number of hydrazone groups is 1. The second-order valence-electron chi connectivity index (χ2n) is 8.29. The van der Waals surface area contributed by atoms with Crippen molar-refractivity contribution in [2.45, 2.75) is 44.7 Å². The Morgan fingerprint density at radius 2 is 2.03 bits per heavy atom. The van der Waals surface area contributed by atoms with Crippen molar-refractivity contribution in [2.75, 3.05) is 27.0 Å². The Hall–Kier alpha value is -4.00. The van der Waals surface area contributed by atoms with E-state index in [9.17, 15) is 4.79 Å². The third-order valence-corrected chi connectivity index (χ3v) is 6.06. The zero-order chi connectivity index (χ0) is 24.8. The predicted molar refractivity (Wildman–Crippen MR) is 127 cm³/mol. The summed E-state index contributed by atoms with van der Waals surface area (Å²) in [7, 11) is 5.13. The first-order chi connectivity index (χ1) is 17.0. The molecule has 0 bridgehead atoms. The molecule has 13 heteroatoms. The Labute approximate surface area is 202 Å². The number of amides is 1. The highest BCUT2D eigenvalue weighted by Crippen LogP contribution is 2.27. The second kappa shape index (κ2) is 11.0. The molecule has 0 aliphatic heterocycles. The van der Waals surface area contributed by atoms with Crippen LogP contribution in [0.25, 0.3) is 5.82 Å². The van der Waals surface area contributed by atoms with E-state index in [-0.39, 0.29) is 17.3 Å². The maximum Gasteiger partial charge on any atom is 0.293 e. The van der Waals surface area contributed by atoms with Gasteiger partial charge in [-0.1, -0.05) is 24.5 Å². The van der Waals surface area contributed by atoms with Crippen molar-refractivity contribution >= 4 is 17.9 Å². The molecule has 3 aromatic rings. The van der Waals surface area contributed by atoms with Gasteiger partial charge in [-0.2, -0.15) is 9.78 Å². The van der Waals surface area contributed by atoms with Crippen LogP contribution in [0.15, 0.2) is 27.9 Å². The van der Waals surface area contributed by atoms with E-state index < -0.39 is 5.91 Å². The largest absolute Gasteiger partial charge is 0.493 e. The quantitative estimate of drug-likeness (QED) is 0.339. The maximum absolute atomic E-state index is 13.0. The number of carbonyl (C=O) groups excluding carboxylic acids is 1. The Morgan fingerprint density at radius 1 is 1.26 bits per heavy atom. The predicted octanol–water partition coefficient (Wildman–Crippen LogP) is 1.78. The number of hydrogen-bond donors (Lipinski definition) is 2. The summed E-state index contributed by atoms with van der Waals surface area (Å²) in [6.45, 7) is 0.409. The van der Waals surface area contributed by atoms with Gasteiger partial charge in [0.25, 0.3) is 5.91 Å². The van der Waals surface area contributed by atoms with Gasteiger partial charge in [-0.15, -0.1) is 5.10 Å². The van der Waals surface area contributed by atoms with Gasteiger partial charge in [0.05, 0.1) is 26.1 Å². The molecule has 1 aromatic carbocycles. The second-order valence-corrected chi connectivity index (χ2v) is 8.29. The third-order valence-electron chi connectivity index (χ3n) is 6.06. The molecule has 4 rings (SSSR count). The highest BCUT2D eigenvalue weighted by molar-refractivity contribution is 5.94. The van der Waals surface area contributed by atoms with Crippen molar-refractivity contribution in [3.05, 3.63) is 35.2 Å². The molecule has 0 radical (unpaired) electrons. The number of nitrogens with two attached hydrogens (primary N) is 1. The molecular weight excluding hydrogens is 454 g/mol. The van der Waals surface area contributed by atoms with E-state index in [1.54, 1.807) is 32.4 Å². The fourth-order valence-electron chi connectivity index (χ4n) is 4.17. The number of nitrogens with zero attached hydrogens (tertiary/aromatic N) is 7. The van der Waals surface area contributed by atoms with Gasteiger partial charge in [0.1, 0.15) is 0 Å². The van der Waals surface area contributed by atoms with Crippen molar-refractivity contribution in [3.8, 4) is 17.3 Å². The Morgan fingerprint density at radius 3 is 2.71 bits per heavy atom.